The van der Waals surface area contributed by atoms with Crippen LogP contribution in [0.4, 0.5) is 0 Å². The summed E-state index contributed by atoms with van der Waals surface area (Å²) in [7, 11) is 8.35. The van der Waals surface area contributed by atoms with Crippen LogP contribution in [0.5, 0.6) is 5.75 Å². The SMILES string of the molecule is Cc1cc2c(C)c(Cc3cccc(SN(CCN(C)C)CCN(C)C)c3)c(=O)oc2cc1OC=O. The summed E-state index contributed by atoms with van der Waals surface area (Å²) < 4.78 is 13.0. The van der Waals surface area contributed by atoms with E-state index < -0.39 is 0 Å². The van der Waals surface area contributed by atoms with Gasteiger partial charge in [-0.1, -0.05) is 12.1 Å². The normalized spacial score (nSPS) is 11.7. The van der Waals surface area contributed by atoms with Crippen LogP contribution in [0.25, 0.3) is 11.0 Å². The first-order chi connectivity index (χ1) is 16.7. The lowest BCUT2D eigenvalue weighted by Gasteiger charge is -2.24. The van der Waals surface area contributed by atoms with Gasteiger partial charge in [0.1, 0.15) is 11.3 Å². The zero-order valence-corrected chi connectivity index (χ0v) is 22.3. The molecule has 0 saturated heterocycles. The number of aryl methyl sites for hydroxylation is 2. The number of likely N-dealkylation sites (N-methyl/N-ethyl adjacent to an activating group) is 2. The molecule has 0 saturated carbocycles. The smallest absolute Gasteiger partial charge is 0.340 e. The van der Waals surface area contributed by atoms with Crippen LogP contribution in [0.2, 0.25) is 0 Å². The Hall–Kier alpha value is -2.65. The molecule has 0 atom stereocenters. The number of rotatable bonds is 12. The highest BCUT2D eigenvalue weighted by molar-refractivity contribution is 7.97. The van der Waals surface area contributed by atoms with Gasteiger partial charge in [-0.25, -0.2) is 9.10 Å². The van der Waals surface area contributed by atoms with E-state index in [0.29, 0.717) is 29.8 Å². The van der Waals surface area contributed by atoms with E-state index in [2.05, 4.69) is 54.4 Å². The van der Waals surface area contributed by atoms with Crippen LogP contribution in [0.1, 0.15) is 22.3 Å². The van der Waals surface area contributed by atoms with E-state index >= 15 is 0 Å². The fourth-order valence-corrected chi connectivity index (χ4v) is 4.79. The van der Waals surface area contributed by atoms with Crippen molar-refractivity contribution in [3.63, 3.8) is 0 Å². The largest absolute Gasteiger partial charge is 0.428 e. The fourth-order valence-electron chi connectivity index (χ4n) is 3.80. The third kappa shape index (κ3) is 7.41. The minimum Gasteiger partial charge on any atom is -0.428 e. The van der Waals surface area contributed by atoms with Crippen molar-refractivity contribution in [3.8, 4) is 5.75 Å². The zero-order valence-electron chi connectivity index (χ0n) is 21.5. The van der Waals surface area contributed by atoms with Gasteiger partial charge in [-0.05, 0) is 88.9 Å². The van der Waals surface area contributed by atoms with E-state index in [0.717, 1.165) is 53.2 Å². The molecule has 0 N–H and O–H groups in total. The fraction of sp³-hybridized carbons (Fsp3) is 0.407. The van der Waals surface area contributed by atoms with Gasteiger partial charge < -0.3 is 19.0 Å². The zero-order chi connectivity index (χ0) is 25.5. The van der Waals surface area contributed by atoms with Crippen LogP contribution in [-0.4, -0.2) is 74.9 Å². The van der Waals surface area contributed by atoms with Crippen LogP contribution < -0.4 is 10.4 Å². The Morgan fingerprint density at radius 1 is 0.971 bits per heavy atom. The van der Waals surface area contributed by atoms with E-state index in [9.17, 15) is 9.59 Å². The minimum absolute atomic E-state index is 0.368. The number of benzene rings is 2. The Balaban J connectivity index is 1.85. The predicted molar refractivity (Wildman–Crippen MR) is 142 cm³/mol. The topological polar surface area (TPSA) is 66.2 Å². The van der Waals surface area contributed by atoms with Gasteiger partial charge >= 0.3 is 5.63 Å². The summed E-state index contributed by atoms with van der Waals surface area (Å²) in [6, 6.07) is 11.8. The molecule has 0 radical (unpaired) electrons. The molecule has 0 aliphatic carbocycles. The van der Waals surface area contributed by atoms with Crippen molar-refractivity contribution < 1.29 is 13.9 Å². The lowest BCUT2D eigenvalue weighted by Crippen LogP contribution is -2.32. The van der Waals surface area contributed by atoms with Gasteiger partial charge in [0.2, 0.25) is 0 Å². The Labute approximate surface area is 211 Å². The molecule has 0 aliphatic heterocycles. The number of ether oxygens (including phenoxy) is 1. The number of hydrogen-bond acceptors (Lipinski definition) is 8. The average Bonchev–Trinajstić information content (AvgIpc) is 2.80. The maximum absolute atomic E-state index is 12.9. The quantitative estimate of drug-likeness (QED) is 0.212. The standard InChI is InChI=1S/C27H35N3O4S/c1-19-14-23-20(2)24(27(32)34-26(23)17-25(19)33-18-31)16-21-8-7-9-22(15-21)35-30(12-10-28(3)4)13-11-29(5)6/h7-9,14-15,17-18H,10-13,16H2,1-6H3. The van der Waals surface area contributed by atoms with E-state index in [-0.39, 0.29) is 5.63 Å². The first kappa shape index (κ1) is 26.9. The molecule has 8 heteroatoms. The molecule has 0 fully saturated rings. The molecule has 0 aliphatic rings. The summed E-state index contributed by atoms with van der Waals surface area (Å²) in [4.78, 5) is 29.2. The molecule has 7 nitrogen and oxygen atoms in total. The van der Waals surface area contributed by atoms with E-state index in [1.54, 1.807) is 18.0 Å². The maximum atomic E-state index is 12.9. The maximum Gasteiger partial charge on any atom is 0.340 e. The Bertz CT molecular complexity index is 1210. The third-order valence-corrected chi connectivity index (χ3v) is 6.95. The summed E-state index contributed by atoms with van der Waals surface area (Å²) >= 11 is 1.75. The van der Waals surface area contributed by atoms with Gasteiger partial charge in [0.15, 0.2) is 0 Å². The number of fused-ring (bicyclic) bond motifs is 1. The van der Waals surface area contributed by atoms with Gasteiger partial charge in [-0.15, -0.1) is 0 Å². The summed E-state index contributed by atoms with van der Waals surface area (Å²) in [6.45, 7) is 8.06. The Morgan fingerprint density at radius 3 is 2.29 bits per heavy atom. The second kappa shape index (κ2) is 12.4. The summed E-state index contributed by atoms with van der Waals surface area (Å²) in [5, 5.41) is 0.847. The van der Waals surface area contributed by atoms with Gasteiger partial charge in [0.25, 0.3) is 6.47 Å². The van der Waals surface area contributed by atoms with E-state index in [1.165, 1.54) is 0 Å². The van der Waals surface area contributed by atoms with Crippen molar-refractivity contribution in [2.24, 2.45) is 0 Å². The first-order valence-electron chi connectivity index (χ1n) is 11.7. The number of nitrogens with zero attached hydrogens (tertiary/aromatic N) is 3. The number of carbonyl (C=O) groups is 1. The molecule has 0 spiro atoms. The molecule has 0 bridgehead atoms. The summed E-state index contributed by atoms with van der Waals surface area (Å²) in [5.74, 6) is 0.389. The molecular weight excluding hydrogens is 462 g/mol. The summed E-state index contributed by atoms with van der Waals surface area (Å²) in [5.41, 5.74) is 3.44. The molecule has 3 rings (SSSR count). The second-order valence-corrected chi connectivity index (χ2v) is 10.4. The van der Waals surface area contributed by atoms with Crippen LogP contribution in [0, 0.1) is 13.8 Å². The van der Waals surface area contributed by atoms with E-state index in [1.807, 2.05) is 32.0 Å². The van der Waals surface area contributed by atoms with Crippen molar-refractivity contribution in [2.75, 3.05) is 54.4 Å². The van der Waals surface area contributed by atoms with Gasteiger partial charge in [-0.2, -0.15) is 0 Å². The highest BCUT2D eigenvalue weighted by atomic mass is 32.2. The van der Waals surface area contributed by atoms with Gasteiger partial charge in [-0.3, -0.25) is 4.79 Å². The van der Waals surface area contributed by atoms with Crippen molar-refractivity contribution in [2.45, 2.75) is 25.2 Å². The van der Waals surface area contributed by atoms with Crippen LogP contribution in [0.3, 0.4) is 0 Å². The lowest BCUT2D eigenvalue weighted by atomic mass is 9.98. The van der Waals surface area contributed by atoms with Gasteiger partial charge in [0, 0.05) is 54.5 Å². The molecule has 1 aromatic heterocycles. The van der Waals surface area contributed by atoms with Crippen LogP contribution in [0.15, 0.2) is 50.5 Å². The highest BCUT2D eigenvalue weighted by Gasteiger charge is 2.15. The molecular formula is C27H35N3O4S. The lowest BCUT2D eigenvalue weighted by molar-refractivity contribution is -0.120. The van der Waals surface area contributed by atoms with Crippen molar-refractivity contribution in [3.05, 3.63) is 69.1 Å². The number of carbonyl (C=O) groups excluding carboxylic acids is 1. The number of hydrogen-bond donors (Lipinski definition) is 0. The predicted octanol–water partition coefficient (Wildman–Crippen LogP) is 3.97. The first-order valence-corrected chi connectivity index (χ1v) is 12.4. The molecule has 35 heavy (non-hydrogen) atoms. The molecule has 2 aromatic carbocycles. The van der Waals surface area contributed by atoms with Crippen molar-refractivity contribution in [1.29, 1.82) is 0 Å². The highest BCUT2D eigenvalue weighted by Crippen LogP contribution is 2.29. The Kier molecular flexibility index (Phi) is 9.51. The molecule has 1 heterocycles. The van der Waals surface area contributed by atoms with E-state index in [4.69, 9.17) is 9.15 Å². The Morgan fingerprint density at radius 2 is 1.66 bits per heavy atom. The van der Waals surface area contributed by atoms with Gasteiger partial charge in [0.05, 0.1) is 0 Å². The average molecular weight is 498 g/mol. The summed E-state index contributed by atoms with van der Waals surface area (Å²) in [6.07, 6.45) is 0.486. The molecule has 3 aromatic rings. The third-order valence-electron chi connectivity index (χ3n) is 5.87. The van der Waals surface area contributed by atoms with Crippen LogP contribution >= 0.6 is 11.9 Å². The minimum atomic E-state index is -0.368. The second-order valence-electron chi connectivity index (χ2n) is 9.27. The monoisotopic (exact) mass is 497 g/mol. The molecule has 0 amide bonds. The van der Waals surface area contributed by atoms with Crippen molar-refractivity contribution >= 4 is 29.4 Å². The molecule has 188 valence electrons. The molecule has 0 unspecified atom stereocenters. The van der Waals surface area contributed by atoms with Crippen LogP contribution in [-0.2, 0) is 11.2 Å². The van der Waals surface area contributed by atoms with Crippen molar-refractivity contribution in [1.82, 2.24) is 14.1 Å².